The zero-order valence-electron chi connectivity index (χ0n) is 11.7. The summed E-state index contributed by atoms with van der Waals surface area (Å²) in [5.74, 6) is 1.10. The SMILES string of the molecule is CC(C)c1cccc2c(CCl)c3c(nc12)CCCC3. The fourth-order valence-electron chi connectivity index (χ4n) is 3.18. The number of nitrogens with zero attached hydrogens (tertiary/aromatic N) is 1. The van der Waals surface area contributed by atoms with Crippen LogP contribution >= 0.6 is 11.6 Å². The molecular weight excluding hydrogens is 254 g/mol. The zero-order valence-corrected chi connectivity index (χ0v) is 12.4. The summed E-state index contributed by atoms with van der Waals surface area (Å²) in [6, 6.07) is 6.53. The van der Waals surface area contributed by atoms with Gasteiger partial charge in [-0.2, -0.15) is 0 Å². The topological polar surface area (TPSA) is 12.9 Å². The summed E-state index contributed by atoms with van der Waals surface area (Å²) in [5, 5.41) is 1.27. The third-order valence-electron chi connectivity index (χ3n) is 4.20. The zero-order chi connectivity index (χ0) is 13.4. The Bertz CT molecular complexity index is 616. The van der Waals surface area contributed by atoms with Gasteiger partial charge >= 0.3 is 0 Å². The van der Waals surface area contributed by atoms with E-state index in [0.717, 1.165) is 12.8 Å². The van der Waals surface area contributed by atoms with E-state index in [1.807, 2.05) is 0 Å². The van der Waals surface area contributed by atoms with Crippen LogP contribution in [0.3, 0.4) is 0 Å². The van der Waals surface area contributed by atoms with Crippen LogP contribution in [0.4, 0.5) is 0 Å². The molecule has 19 heavy (non-hydrogen) atoms. The van der Waals surface area contributed by atoms with Crippen molar-refractivity contribution in [3.63, 3.8) is 0 Å². The number of rotatable bonds is 2. The third-order valence-corrected chi connectivity index (χ3v) is 4.46. The summed E-state index contributed by atoms with van der Waals surface area (Å²) >= 11 is 6.25. The molecule has 0 spiro atoms. The molecule has 0 unspecified atom stereocenters. The monoisotopic (exact) mass is 273 g/mol. The Hall–Kier alpha value is -1.08. The van der Waals surface area contributed by atoms with Crippen LogP contribution in [0.5, 0.6) is 0 Å². The van der Waals surface area contributed by atoms with Gasteiger partial charge in [-0.05, 0) is 48.3 Å². The van der Waals surface area contributed by atoms with Crippen LogP contribution in [0, 0.1) is 0 Å². The number of benzene rings is 1. The molecule has 0 atom stereocenters. The van der Waals surface area contributed by atoms with Gasteiger partial charge in [-0.1, -0.05) is 32.0 Å². The molecule has 1 aromatic heterocycles. The number of para-hydroxylation sites is 1. The maximum absolute atomic E-state index is 6.25. The van der Waals surface area contributed by atoms with Crippen molar-refractivity contribution < 1.29 is 0 Å². The molecule has 0 amide bonds. The van der Waals surface area contributed by atoms with Crippen molar-refractivity contribution in [2.75, 3.05) is 0 Å². The van der Waals surface area contributed by atoms with E-state index in [1.165, 1.54) is 46.1 Å². The highest BCUT2D eigenvalue weighted by atomic mass is 35.5. The second kappa shape index (κ2) is 5.13. The van der Waals surface area contributed by atoms with E-state index in [4.69, 9.17) is 16.6 Å². The molecule has 1 heterocycles. The quantitative estimate of drug-likeness (QED) is 0.704. The summed E-state index contributed by atoms with van der Waals surface area (Å²) in [4.78, 5) is 4.99. The van der Waals surface area contributed by atoms with Crippen molar-refractivity contribution in [2.45, 2.75) is 51.3 Å². The molecular formula is C17H20ClN. The van der Waals surface area contributed by atoms with Gasteiger partial charge in [-0.25, -0.2) is 0 Å². The van der Waals surface area contributed by atoms with Gasteiger partial charge < -0.3 is 0 Å². The predicted molar refractivity (Wildman–Crippen MR) is 82.0 cm³/mol. The highest BCUT2D eigenvalue weighted by molar-refractivity contribution is 6.18. The number of halogens is 1. The van der Waals surface area contributed by atoms with E-state index in [-0.39, 0.29) is 0 Å². The molecule has 0 fully saturated rings. The molecule has 2 aromatic rings. The van der Waals surface area contributed by atoms with Crippen LogP contribution in [0.1, 0.15) is 55.0 Å². The van der Waals surface area contributed by atoms with E-state index in [9.17, 15) is 0 Å². The maximum Gasteiger partial charge on any atom is 0.0743 e. The maximum atomic E-state index is 6.25. The molecule has 0 aliphatic heterocycles. The number of hydrogen-bond donors (Lipinski definition) is 0. The second-order valence-corrected chi connectivity index (χ2v) is 6.02. The number of alkyl halides is 1. The Labute approximate surface area is 120 Å². The van der Waals surface area contributed by atoms with Gasteiger partial charge in [0.2, 0.25) is 0 Å². The Morgan fingerprint density at radius 2 is 2.00 bits per heavy atom. The first-order chi connectivity index (χ1) is 9.22. The van der Waals surface area contributed by atoms with Crippen molar-refractivity contribution >= 4 is 22.5 Å². The minimum atomic E-state index is 0.501. The van der Waals surface area contributed by atoms with Gasteiger partial charge in [-0.3, -0.25) is 4.98 Å². The Morgan fingerprint density at radius 3 is 2.74 bits per heavy atom. The number of aryl methyl sites for hydroxylation is 1. The number of pyridine rings is 1. The molecule has 1 nitrogen and oxygen atoms in total. The van der Waals surface area contributed by atoms with Crippen LogP contribution in [0.15, 0.2) is 18.2 Å². The molecule has 1 aromatic carbocycles. The third kappa shape index (κ3) is 2.14. The van der Waals surface area contributed by atoms with E-state index >= 15 is 0 Å². The largest absolute Gasteiger partial charge is 0.252 e. The average Bonchev–Trinajstić information content (AvgIpc) is 2.43. The summed E-state index contributed by atoms with van der Waals surface area (Å²) in [7, 11) is 0. The van der Waals surface area contributed by atoms with Gasteiger partial charge in [-0.15, -0.1) is 11.6 Å². The van der Waals surface area contributed by atoms with Crippen molar-refractivity contribution in [1.82, 2.24) is 4.98 Å². The first kappa shape index (κ1) is 12.9. The lowest BCUT2D eigenvalue weighted by molar-refractivity contribution is 0.667. The Balaban J connectivity index is 2.36. The van der Waals surface area contributed by atoms with Crippen LogP contribution < -0.4 is 0 Å². The normalized spacial score (nSPS) is 14.9. The number of hydrogen-bond acceptors (Lipinski definition) is 1. The first-order valence-corrected chi connectivity index (χ1v) is 7.75. The Morgan fingerprint density at radius 1 is 1.21 bits per heavy atom. The fourth-order valence-corrected chi connectivity index (χ4v) is 3.49. The highest BCUT2D eigenvalue weighted by Gasteiger charge is 2.19. The minimum Gasteiger partial charge on any atom is -0.252 e. The van der Waals surface area contributed by atoms with Crippen LogP contribution in [-0.4, -0.2) is 4.98 Å². The smallest absolute Gasteiger partial charge is 0.0743 e. The number of fused-ring (bicyclic) bond motifs is 2. The second-order valence-electron chi connectivity index (χ2n) is 5.75. The molecule has 0 radical (unpaired) electrons. The fraction of sp³-hybridized carbons (Fsp3) is 0.471. The van der Waals surface area contributed by atoms with Crippen molar-refractivity contribution in [3.8, 4) is 0 Å². The van der Waals surface area contributed by atoms with E-state index in [2.05, 4.69) is 32.0 Å². The molecule has 0 saturated heterocycles. The summed E-state index contributed by atoms with van der Waals surface area (Å²) in [6.07, 6.45) is 4.79. The van der Waals surface area contributed by atoms with Gasteiger partial charge in [0.1, 0.15) is 0 Å². The van der Waals surface area contributed by atoms with E-state index in [1.54, 1.807) is 0 Å². The highest BCUT2D eigenvalue weighted by Crippen LogP contribution is 2.33. The average molecular weight is 274 g/mol. The predicted octanol–water partition coefficient (Wildman–Crippen LogP) is 4.98. The van der Waals surface area contributed by atoms with Gasteiger partial charge in [0.05, 0.1) is 5.52 Å². The molecule has 0 saturated carbocycles. The molecule has 2 heteroatoms. The van der Waals surface area contributed by atoms with Crippen LogP contribution in [-0.2, 0) is 18.7 Å². The summed E-state index contributed by atoms with van der Waals surface area (Å²) < 4.78 is 0. The minimum absolute atomic E-state index is 0.501. The van der Waals surface area contributed by atoms with E-state index in [0.29, 0.717) is 11.8 Å². The molecule has 0 N–H and O–H groups in total. The van der Waals surface area contributed by atoms with Crippen molar-refractivity contribution in [3.05, 3.63) is 40.6 Å². The van der Waals surface area contributed by atoms with Crippen LogP contribution in [0.25, 0.3) is 10.9 Å². The van der Waals surface area contributed by atoms with Gasteiger partial charge in [0, 0.05) is 17.0 Å². The van der Waals surface area contributed by atoms with Gasteiger partial charge in [0.25, 0.3) is 0 Å². The molecule has 0 bridgehead atoms. The lowest BCUT2D eigenvalue weighted by Gasteiger charge is -2.21. The molecule has 3 rings (SSSR count). The lowest BCUT2D eigenvalue weighted by Crippen LogP contribution is -2.10. The molecule has 1 aliphatic rings. The van der Waals surface area contributed by atoms with Crippen molar-refractivity contribution in [1.29, 1.82) is 0 Å². The van der Waals surface area contributed by atoms with Crippen molar-refractivity contribution in [2.24, 2.45) is 0 Å². The Kier molecular flexibility index (Phi) is 3.49. The van der Waals surface area contributed by atoms with E-state index < -0.39 is 0 Å². The van der Waals surface area contributed by atoms with Gasteiger partial charge in [0.15, 0.2) is 0 Å². The number of aromatic nitrogens is 1. The standard InChI is InChI=1S/C17H20ClN/c1-11(2)12-7-5-8-14-15(10-18)13-6-3-4-9-16(13)19-17(12)14/h5,7-8,11H,3-4,6,9-10H2,1-2H3. The summed E-state index contributed by atoms with van der Waals surface area (Å²) in [5.41, 5.74) is 6.56. The lowest BCUT2D eigenvalue weighted by atomic mass is 9.88. The molecule has 100 valence electrons. The molecule has 1 aliphatic carbocycles. The summed E-state index contributed by atoms with van der Waals surface area (Å²) in [6.45, 7) is 4.46. The van der Waals surface area contributed by atoms with Crippen LogP contribution in [0.2, 0.25) is 0 Å². The first-order valence-electron chi connectivity index (χ1n) is 7.21.